The van der Waals surface area contributed by atoms with E-state index in [1.807, 2.05) is 0 Å². The number of benzene rings is 1. The first-order chi connectivity index (χ1) is 7.90. The van der Waals surface area contributed by atoms with Gasteiger partial charge >= 0.3 is 0 Å². The maximum Gasteiger partial charge on any atom is 0.0716 e. The van der Waals surface area contributed by atoms with Crippen molar-refractivity contribution in [3.63, 3.8) is 0 Å². The summed E-state index contributed by atoms with van der Waals surface area (Å²) in [5, 5.41) is 3.37. The molecule has 0 atom stereocenters. The Morgan fingerprint density at radius 3 is 2.56 bits per heavy atom. The highest BCUT2D eigenvalue weighted by Crippen LogP contribution is 2.13. The lowest BCUT2D eigenvalue weighted by atomic mass is 10.1. The molecule has 0 spiro atoms. The predicted octanol–water partition coefficient (Wildman–Crippen LogP) is 1.24. The maximum atomic E-state index is 5.23. The Balaban J connectivity index is 2.01. The molecule has 1 fully saturated rings. The lowest BCUT2D eigenvalue weighted by Crippen LogP contribution is -2.43. The molecule has 88 valence electrons. The van der Waals surface area contributed by atoms with Crippen molar-refractivity contribution in [2.24, 2.45) is 0 Å². The minimum absolute atomic E-state index is 0.711. The molecule has 1 saturated heterocycles. The average molecular weight is 220 g/mol. The van der Waals surface area contributed by atoms with E-state index in [0.717, 1.165) is 32.7 Å². The molecule has 0 saturated carbocycles. The van der Waals surface area contributed by atoms with E-state index >= 15 is 0 Å². The van der Waals surface area contributed by atoms with Crippen molar-refractivity contribution in [2.45, 2.75) is 13.2 Å². The highest BCUT2D eigenvalue weighted by Gasteiger charge is 2.11. The fourth-order valence-corrected chi connectivity index (χ4v) is 2.12. The molecule has 2 rings (SSSR count). The van der Waals surface area contributed by atoms with Crippen LogP contribution < -0.4 is 5.32 Å². The smallest absolute Gasteiger partial charge is 0.0716 e. The highest BCUT2D eigenvalue weighted by atomic mass is 16.5. The van der Waals surface area contributed by atoms with Crippen molar-refractivity contribution in [3.05, 3.63) is 35.4 Å². The van der Waals surface area contributed by atoms with E-state index < -0.39 is 0 Å². The zero-order chi connectivity index (χ0) is 11.2. The fraction of sp³-hybridized carbons (Fsp3) is 0.538. The van der Waals surface area contributed by atoms with Crippen LogP contribution in [0.4, 0.5) is 0 Å². The van der Waals surface area contributed by atoms with Crippen molar-refractivity contribution in [3.8, 4) is 0 Å². The number of rotatable bonds is 4. The molecule has 1 aromatic carbocycles. The van der Waals surface area contributed by atoms with Gasteiger partial charge in [0.1, 0.15) is 0 Å². The Kier molecular flexibility index (Phi) is 4.34. The van der Waals surface area contributed by atoms with Gasteiger partial charge in [-0.3, -0.25) is 4.90 Å². The monoisotopic (exact) mass is 220 g/mol. The third-order valence-corrected chi connectivity index (χ3v) is 3.02. The molecular weight excluding hydrogens is 200 g/mol. The largest absolute Gasteiger partial charge is 0.380 e. The zero-order valence-electron chi connectivity index (χ0n) is 9.91. The van der Waals surface area contributed by atoms with Crippen LogP contribution in [0, 0.1) is 0 Å². The molecule has 0 amide bonds. The number of hydrogen-bond acceptors (Lipinski definition) is 3. The molecule has 0 unspecified atom stereocenters. The van der Waals surface area contributed by atoms with E-state index in [4.69, 9.17) is 4.74 Å². The summed E-state index contributed by atoms with van der Waals surface area (Å²) in [6, 6.07) is 8.55. The number of hydrogen-bond donors (Lipinski definition) is 1. The zero-order valence-corrected chi connectivity index (χ0v) is 9.91. The molecular formula is C13H20N2O. The third kappa shape index (κ3) is 3.04. The first-order valence-electron chi connectivity index (χ1n) is 5.89. The molecule has 0 bridgehead atoms. The highest BCUT2D eigenvalue weighted by molar-refractivity contribution is 5.26. The second-order valence-electron chi connectivity index (χ2n) is 4.23. The predicted molar refractivity (Wildman–Crippen MR) is 65.3 cm³/mol. The average Bonchev–Trinajstić information content (AvgIpc) is 2.33. The molecule has 16 heavy (non-hydrogen) atoms. The van der Waals surface area contributed by atoms with E-state index in [-0.39, 0.29) is 0 Å². The first kappa shape index (κ1) is 11.6. The summed E-state index contributed by atoms with van der Waals surface area (Å²) in [4.78, 5) is 2.49. The van der Waals surface area contributed by atoms with Crippen LogP contribution in [0.1, 0.15) is 11.1 Å². The Hall–Kier alpha value is -0.900. The Bertz CT molecular complexity index is 321. The number of methoxy groups -OCH3 is 1. The van der Waals surface area contributed by atoms with Gasteiger partial charge in [0.2, 0.25) is 0 Å². The van der Waals surface area contributed by atoms with E-state index in [1.54, 1.807) is 7.11 Å². The second-order valence-corrected chi connectivity index (χ2v) is 4.23. The summed E-state index contributed by atoms with van der Waals surface area (Å²) in [5.41, 5.74) is 2.70. The number of piperazine rings is 1. The van der Waals surface area contributed by atoms with Crippen molar-refractivity contribution in [1.82, 2.24) is 10.2 Å². The SMILES string of the molecule is COCc1ccccc1CN1CCNCC1. The van der Waals surface area contributed by atoms with Gasteiger partial charge in [-0.1, -0.05) is 24.3 Å². The Labute approximate surface area is 97.4 Å². The summed E-state index contributed by atoms with van der Waals surface area (Å²) < 4.78 is 5.23. The van der Waals surface area contributed by atoms with E-state index in [9.17, 15) is 0 Å². The minimum Gasteiger partial charge on any atom is -0.380 e. The van der Waals surface area contributed by atoms with Crippen molar-refractivity contribution >= 4 is 0 Å². The van der Waals surface area contributed by atoms with Crippen LogP contribution in [0.3, 0.4) is 0 Å². The lowest BCUT2D eigenvalue weighted by molar-refractivity contribution is 0.181. The molecule has 0 aliphatic carbocycles. The van der Waals surface area contributed by atoms with Crippen LogP contribution in [0.2, 0.25) is 0 Å². The summed E-state index contributed by atoms with van der Waals surface area (Å²) in [6.45, 7) is 6.24. The van der Waals surface area contributed by atoms with Crippen LogP contribution in [0.25, 0.3) is 0 Å². The van der Waals surface area contributed by atoms with Gasteiger partial charge in [-0.2, -0.15) is 0 Å². The van der Waals surface area contributed by atoms with Gasteiger partial charge in [-0.25, -0.2) is 0 Å². The molecule has 1 N–H and O–H groups in total. The van der Waals surface area contributed by atoms with Crippen LogP contribution in [0.5, 0.6) is 0 Å². The molecule has 1 aliphatic rings. The summed E-state index contributed by atoms with van der Waals surface area (Å²) in [5.74, 6) is 0. The minimum atomic E-state index is 0.711. The number of nitrogens with zero attached hydrogens (tertiary/aromatic N) is 1. The van der Waals surface area contributed by atoms with Crippen molar-refractivity contribution in [1.29, 1.82) is 0 Å². The molecule has 1 heterocycles. The topological polar surface area (TPSA) is 24.5 Å². The normalized spacial score (nSPS) is 17.6. The maximum absolute atomic E-state index is 5.23. The second kappa shape index (κ2) is 5.99. The number of ether oxygens (including phenoxy) is 1. The molecule has 0 radical (unpaired) electrons. The number of nitrogens with one attached hydrogen (secondary N) is 1. The van der Waals surface area contributed by atoms with E-state index in [1.165, 1.54) is 11.1 Å². The standard InChI is InChI=1S/C13H20N2O/c1-16-11-13-5-3-2-4-12(13)10-15-8-6-14-7-9-15/h2-5,14H,6-11H2,1H3. The van der Waals surface area contributed by atoms with Crippen molar-refractivity contribution < 1.29 is 4.74 Å². The van der Waals surface area contributed by atoms with Crippen LogP contribution in [0.15, 0.2) is 24.3 Å². The van der Waals surface area contributed by atoms with Gasteiger partial charge in [0.25, 0.3) is 0 Å². The molecule has 1 aromatic rings. The molecule has 3 heteroatoms. The van der Waals surface area contributed by atoms with Gasteiger partial charge in [0.05, 0.1) is 6.61 Å². The Morgan fingerprint density at radius 1 is 1.19 bits per heavy atom. The quantitative estimate of drug-likeness (QED) is 0.826. The van der Waals surface area contributed by atoms with Crippen molar-refractivity contribution in [2.75, 3.05) is 33.3 Å². The third-order valence-electron chi connectivity index (χ3n) is 3.02. The first-order valence-corrected chi connectivity index (χ1v) is 5.89. The van der Waals surface area contributed by atoms with Crippen LogP contribution in [-0.2, 0) is 17.9 Å². The van der Waals surface area contributed by atoms with E-state index in [2.05, 4.69) is 34.5 Å². The van der Waals surface area contributed by atoms with Gasteiger partial charge in [-0.05, 0) is 11.1 Å². The van der Waals surface area contributed by atoms with Gasteiger partial charge < -0.3 is 10.1 Å². The van der Waals surface area contributed by atoms with Crippen LogP contribution >= 0.6 is 0 Å². The Morgan fingerprint density at radius 2 is 1.88 bits per heavy atom. The summed E-state index contributed by atoms with van der Waals surface area (Å²) in [6.07, 6.45) is 0. The summed E-state index contributed by atoms with van der Waals surface area (Å²) in [7, 11) is 1.75. The fourth-order valence-electron chi connectivity index (χ4n) is 2.12. The van der Waals surface area contributed by atoms with Gasteiger partial charge in [0, 0.05) is 39.8 Å². The summed E-state index contributed by atoms with van der Waals surface area (Å²) >= 11 is 0. The molecule has 1 aliphatic heterocycles. The van der Waals surface area contributed by atoms with Crippen LogP contribution in [-0.4, -0.2) is 38.2 Å². The van der Waals surface area contributed by atoms with E-state index in [0.29, 0.717) is 6.61 Å². The molecule has 3 nitrogen and oxygen atoms in total. The van der Waals surface area contributed by atoms with Gasteiger partial charge in [0.15, 0.2) is 0 Å². The van der Waals surface area contributed by atoms with Gasteiger partial charge in [-0.15, -0.1) is 0 Å². The molecule has 0 aromatic heterocycles. The lowest BCUT2D eigenvalue weighted by Gasteiger charge is -2.27.